The SMILES string of the molecule is CC1=Cc2cc3c(cc2C1[Si](C)(C)NC1CCCCC1)-c1ccccc1C3(C)C. The van der Waals surface area contributed by atoms with E-state index >= 15 is 0 Å². The van der Waals surface area contributed by atoms with Crippen molar-refractivity contribution in [3.8, 4) is 11.1 Å². The van der Waals surface area contributed by atoms with E-state index in [9.17, 15) is 0 Å². The van der Waals surface area contributed by atoms with Crippen LogP contribution in [-0.2, 0) is 5.41 Å². The van der Waals surface area contributed by atoms with E-state index in [2.05, 4.69) is 81.3 Å². The van der Waals surface area contributed by atoms with Gasteiger partial charge in [-0.25, -0.2) is 0 Å². The summed E-state index contributed by atoms with van der Waals surface area (Å²) in [6, 6.07) is 14.8. The Morgan fingerprint density at radius 1 is 0.931 bits per heavy atom. The van der Waals surface area contributed by atoms with Crippen LogP contribution in [0.1, 0.15) is 80.7 Å². The molecule has 1 unspecified atom stereocenters. The van der Waals surface area contributed by atoms with Crippen LogP contribution >= 0.6 is 0 Å². The smallest absolute Gasteiger partial charge is 0.131 e. The number of benzene rings is 2. The predicted molar refractivity (Wildman–Crippen MR) is 128 cm³/mol. The van der Waals surface area contributed by atoms with Crippen LogP contribution < -0.4 is 4.98 Å². The lowest BCUT2D eigenvalue weighted by atomic mass is 9.82. The molecule has 5 rings (SSSR count). The number of fused-ring (bicyclic) bond motifs is 4. The van der Waals surface area contributed by atoms with Crippen molar-refractivity contribution in [2.75, 3.05) is 0 Å². The second kappa shape index (κ2) is 6.68. The first-order valence-electron chi connectivity index (χ1n) is 11.5. The summed E-state index contributed by atoms with van der Waals surface area (Å²) in [4.78, 5) is 4.21. The predicted octanol–water partition coefficient (Wildman–Crippen LogP) is 7.16. The van der Waals surface area contributed by atoms with Gasteiger partial charge in [0.1, 0.15) is 8.24 Å². The molecule has 0 radical (unpaired) electrons. The maximum absolute atomic E-state index is 4.21. The summed E-state index contributed by atoms with van der Waals surface area (Å²) in [5.74, 6) is 0. The first-order valence-corrected chi connectivity index (χ1v) is 14.6. The van der Waals surface area contributed by atoms with Crippen LogP contribution in [0.4, 0.5) is 0 Å². The van der Waals surface area contributed by atoms with Crippen molar-refractivity contribution in [3.05, 3.63) is 64.2 Å². The van der Waals surface area contributed by atoms with Crippen molar-refractivity contribution >= 4 is 14.3 Å². The average Bonchev–Trinajstić information content (AvgIpc) is 3.13. The van der Waals surface area contributed by atoms with Gasteiger partial charge in [-0.2, -0.15) is 0 Å². The van der Waals surface area contributed by atoms with E-state index in [-0.39, 0.29) is 5.41 Å². The summed E-state index contributed by atoms with van der Waals surface area (Å²) in [6.07, 6.45) is 9.44. The normalized spacial score (nSPS) is 22.8. The molecule has 0 spiro atoms. The standard InChI is InChI=1S/C27H35NSi/c1-18-15-19-16-25-23(21-13-9-10-14-24(21)27(25,2)3)17-22(19)26(18)29(4,5)28-20-11-7-6-8-12-20/h9-10,13-17,20,26,28H,6-8,11-12H2,1-5H3. The lowest BCUT2D eigenvalue weighted by Gasteiger charge is -2.38. The molecule has 1 fully saturated rings. The first kappa shape index (κ1) is 19.3. The van der Waals surface area contributed by atoms with Crippen LogP contribution in [0.2, 0.25) is 13.1 Å². The van der Waals surface area contributed by atoms with Crippen LogP contribution in [0.15, 0.2) is 42.0 Å². The van der Waals surface area contributed by atoms with E-state index in [1.54, 1.807) is 11.1 Å². The monoisotopic (exact) mass is 401 g/mol. The Bertz CT molecular complexity index is 992. The van der Waals surface area contributed by atoms with Crippen molar-refractivity contribution in [3.63, 3.8) is 0 Å². The summed E-state index contributed by atoms with van der Waals surface area (Å²) in [5.41, 5.74) is 11.2. The molecule has 0 heterocycles. The van der Waals surface area contributed by atoms with Crippen LogP contribution in [-0.4, -0.2) is 14.3 Å². The van der Waals surface area contributed by atoms with Gasteiger partial charge in [0.2, 0.25) is 0 Å². The fraction of sp³-hybridized carbons (Fsp3) is 0.481. The van der Waals surface area contributed by atoms with Gasteiger partial charge in [-0.15, -0.1) is 0 Å². The molecular formula is C27H35NSi. The Morgan fingerprint density at radius 2 is 1.66 bits per heavy atom. The van der Waals surface area contributed by atoms with Gasteiger partial charge in [0, 0.05) is 17.0 Å². The molecule has 29 heavy (non-hydrogen) atoms. The third-order valence-corrected chi connectivity index (χ3v) is 11.2. The molecule has 1 nitrogen and oxygen atoms in total. The minimum Gasteiger partial charge on any atom is -0.334 e. The highest BCUT2D eigenvalue weighted by Crippen LogP contribution is 2.52. The van der Waals surface area contributed by atoms with Gasteiger partial charge >= 0.3 is 0 Å². The molecule has 0 saturated heterocycles. The Balaban J connectivity index is 1.57. The second-order valence-corrected chi connectivity index (χ2v) is 15.0. The highest BCUT2D eigenvalue weighted by atomic mass is 28.3. The molecule has 0 aromatic heterocycles. The first-order chi connectivity index (χ1) is 13.8. The van der Waals surface area contributed by atoms with E-state index in [4.69, 9.17) is 0 Å². The number of nitrogens with one attached hydrogen (secondary N) is 1. The third kappa shape index (κ3) is 2.99. The Labute approximate surface area is 177 Å². The quantitative estimate of drug-likeness (QED) is 0.538. The molecule has 3 aliphatic carbocycles. The number of rotatable bonds is 3. The molecule has 2 heteroatoms. The number of allylic oxidation sites excluding steroid dienone is 1. The van der Waals surface area contributed by atoms with Gasteiger partial charge in [-0.1, -0.05) is 82.1 Å². The van der Waals surface area contributed by atoms with E-state index in [0.717, 1.165) is 6.04 Å². The topological polar surface area (TPSA) is 12.0 Å². The van der Waals surface area contributed by atoms with Gasteiger partial charge in [0.15, 0.2) is 0 Å². The summed E-state index contributed by atoms with van der Waals surface area (Å²) >= 11 is 0. The maximum atomic E-state index is 4.21. The largest absolute Gasteiger partial charge is 0.334 e. The highest BCUT2D eigenvalue weighted by molar-refractivity contribution is 6.77. The van der Waals surface area contributed by atoms with E-state index < -0.39 is 8.24 Å². The molecule has 1 saturated carbocycles. The molecule has 2 aromatic rings. The minimum atomic E-state index is -1.65. The van der Waals surface area contributed by atoms with Gasteiger partial charge in [-0.3, -0.25) is 0 Å². The van der Waals surface area contributed by atoms with Crippen LogP contribution in [0.5, 0.6) is 0 Å². The van der Waals surface area contributed by atoms with E-state index in [1.807, 2.05) is 0 Å². The van der Waals surface area contributed by atoms with Gasteiger partial charge < -0.3 is 4.98 Å². The summed E-state index contributed by atoms with van der Waals surface area (Å²) in [6.45, 7) is 12.3. The molecular weight excluding hydrogens is 366 g/mol. The molecule has 0 amide bonds. The zero-order valence-corrected chi connectivity index (χ0v) is 19.7. The Hall–Kier alpha value is -1.64. The van der Waals surface area contributed by atoms with Crippen molar-refractivity contribution in [1.82, 2.24) is 4.98 Å². The number of hydrogen-bond acceptors (Lipinski definition) is 1. The molecule has 0 bridgehead atoms. The molecule has 3 aliphatic rings. The van der Waals surface area contributed by atoms with E-state index in [1.165, 1.54) is 59.9 Å². The van der Waals surface area contributed by atoms with Gasteiger partial charge in [0.05, 0.1) is 0 Å². The average molecular weight is 402 g/mol. The van der Waals surface area contributed by atoms with Crippen LogP contribution in [0, 0.1) is 0 Å². The fourth-order valence-electron chi connectivity index (χ4n) is 6.54. The van der Waals surface area contributed by atoms with Crippen LogP contribution in [0.25, 0.3) is 17.2 Å². The van der Waals surface area contributed by atoms with Crippen molar-refractivity contribution in [1.29, 1.82) is 0 Å². The highest BCUT2D eigenvalue weighted by Gasteiger charge is 2.42. The molecule has 2 aromatic carbocycles. The summed E-state index contributed by atoms with van der Waals surface area (Å²) in [5, 5.41) is 0. The second-order valence-electron chi connectivity index (χ2n) is 10.7. The van der Waals surface area contributed by atoms with Crippen molar-refractivity contribution in [2.45, 2.75) is 83.0 Å². The minimum absolute atomic E-state index is 0.0914. The molecule has 152 valence electrons. The molecule has 0 aliphatic heterocycles. The zero-order chi connectivity index (χ0) is 20.4. The maximum Gasteiger partial charge on any atom is 0.131 e. The van der Waals surface area contributed by atoms with Crippen molar-refractivity contribution in [2.24, 2.45) is 0 Å². The number of hydrogen-bond donors (Lipinski definition) is 1. The lowest BCUT2D eigenvalue weighted by Crippen LogP contribution is -2.55. The summed E-state index contributed by atoms with van der Waals surface area (Å²) < 4.78 is 0. The van der Waals surface area contributed by atoms with E-state index in [0.29, 0.717) is 5.54 Å². The molecule has 1 atom stereocenters. The lowest BCUT2D eigenvalue weighted by molar-refractivity contribution is 0.412. The zero-order valence-electron chi connectivity index (χ0n) is 18.7. The van der Waals surface area contributed by atoms with Crippen molar-refractivity contribution < 1.29 is 0 Å². The third-order valence-electron chi connectivity index (χ3n) is 7.84. The van der Waals surface area contributed by atoms with Gasteiger partial charge in [0.25, 0.3) is 0 Å². The fourth-order valence-corrected chi connectivity index (χ4v) is 10.3. The Kier molecular flexibility index (Phi) is 4.45. The van der Waals surface area contributed by atoms with Gasteiger partial charge in [-0.05, 0) is 65.3 Å². The molecule has 1 N–H and O–H groups in total. The summed E-state index contributed by atoms with van der Waals surface area (Å²) in [7, 11) is -1.65. The Morgan fingerprint density at radius 3 is 2.41 bits per heavy atom. The van der Waals surface area contributed by atoms with Crippen LogP contribution in [0.3, 0.4) is 0 Å².